The van der Waals surface area contributed by atoms with E-state index in [1.165, 1.54) is 11.3 Å². The van der Waals surface area contributed by atoms with Crippen molar-refractivity contribution in [1.82, 2.24) is 0 Å². The van der Waals surface area contributed by atoms with Crippen LogP contribution < -0.4 is 16.1 Å². The average Bonchev–Trinajstić information content (AvgIpc) is 2.83. The average molecular weight is 321 g/mol. The molecule has 0 aromatic carbocycles. The van der Waals surface area contributed by atoms with Gasteiger partial charge in [-0.2, -0.15) is 5.26 Å². The van der Waals surface area contributed by atoms with Crippen molar-refractivity contribution in [1.29, 1.82) is 5.26 Å². The zero-order chi connectivity index (χ0) is 15.1. The van der Waals surface area contributed by atoms with Gasteiger partial charge in [0, 0.05) is 10.9 Å². The van der Waals surface area contributed by atoms with Gasteiger partial charge in [0.05, 0.1) is 15.8 Å². The number of halogens is 1. The Labute approximate surface area is 128 Å². The number of nitrogens with two attached hydrogens (primary N) is 1. The Balaban J connectivity index is 2.31. The fraction of sp³-hybridized carbons (Fsp3) is 0.143. The van der Waals surface area contributed by atoms with Crippen molar-refractivity contribution in [2.75, 3.05) is 0 Å². The molecule has 7 heteroatoms. The van der Waals surface area contributed by atoms with Crippen LogP contribution >= 0.6 is 22.9 Å². The third kappa shape index (κ3) is 2.20. The second-order valence-electron chi connectivity index (χ2n) is 4.49. The summed E-state index contributed by atoms with van der Waals surface area (Å²) in [6.45, 7) is 1.64. The largest absolute Gasteiger partial charge is 0.440 e. The van der Waals surface area contributed by atoms with Crippen LogP contribution in [0.3, 0.4) is 0 Å². The van der Waals surface area contributed by atoms with Crippen LogP contribution in [0, 0.1) is 18.3 Å². The van der Waals surface area contributed by atoms with E-state index in [1.807, 2.05) is 6.07 Å². The maximum Gasteiger partial charge on any atom is 0.343 e. The van der Waals surface area contributed by atoms with Gasteiger partial charge in [-0.25, -0.2) is 4.79 Å². The van der Waals surface area contributed by atoms with Gasteiger partial charge in [-0.05, 0) is 19.1 Å². The van der Waals surface area contributed by atoms with E-state index in [0.29, 0.717) is 15.8 Å². The van der Waals surface area contributed by atoms with E-state index in [1.54, 1.807) is 25.1 Å². The first-order chi connectivity index (χ1) is 10.0. The lowest BCUT2D eigenvalue weighted by atomic mass is 9.89. The van der Waals surface area contributed by atoms with Crippen LogP contribution in [0.15, 0.2) is 38.9 Å². The smallest absolute Gasteiger partial charge is 0.343 e. The van der Waals surface area contributed by atoms with Gasteiger partial charge in [0.2, 0.25) is 5.88 Å². The van der Waals surface area contributed by atoms with E-state index < -0.39 is 11.5 Å². The van der Waals surface area contributed by atoms with Gasteiger partial charge in [-0.3, -0.25) is 0 Å². The summed E-state index contributed by atoms with van der Waals surface area (Å²) in [6, 6.07) is 7.06. The molecule has 1 aliphatic heterocycles. The predicted octanol–water partition coefficient (Wildman–Crippen LogP) is 2.88. The van der Waals surface area contributed by atoms with Crippen molar-refractivity contribution in [3.8, 4) is 11.8 Å². The lowest BCUT2D eigenvalue weighted by Gasteiger charge is -2.24. The van der Waals surface area contributed by atoms with Crippen molar-refractivity contribution in [3.05, 3.63) is 60.6 Å². The van der Waals surface area contributed by atoms with Gasteiger partial charge in [0.25, 0.3) is 0 Å². The number of nitrogens with zero attached hydrogens (tertiary/aromatic N) is 1. The molecule has 0 saturated carbocycles. The molecule has 1 aliphatic rings. The SMILES string of the molecule is Cc1cc2c(c(=O)o1)[C@H](c1ccc(Cl)s1)C(C#N)=C(N)O2. The first-order valence-corrected chi connectivity index (χ1v) is 7.18. The van der Waals surface area contributed by atoms with E-state index in [9.17, 15) is 10.1 Å². The van der Waals surface area contributed by atoms with Gasteiger partial charge in [-0.15, -0.1) is 11.3 Å². The molecule has 0 amide bonds. The molecule has 0 radical (unpaired) electrons. The van der Waals surface area contributed by atoms with E-state index in [-0.39, 0.29) is 17.0 Å². The molecular formula is C14H9ClN2O3S. The molecule has 0 unspecified atom stereocenters. The van der Waals surface area contributed by atoms with Crippen molar-refractivity contribution in [2.24, 2.45) is 5.73 Å². The number of hydrogen-bond donors (Lipinski definition) is 1. The molecule has 0 bridgehead atoms. The molecule has 106 valence electrons. The minimum atomic E-state index is -0.618. The highest BCUT2D eigenvalue weighted by Gasteiger charge is 2.35. The minimum absolute atomic E-state index is 0.00970. The first-order valence-electron chi connectivity index (χ1n) is 5.98. The third-order valence-corrected chi connectivity index (χ3v) is 4.43. The number of aryl methyl sites for hydroxylation is 1. The molecule has 2 N–H and O–H groups in total. The lowest BCUT2D eigenvalue weighted by Crippen LogP contribution is -2.25. The highest BCUT2D eigenvalue weighted by molar-refractivity contribution is 7.16. The quantitative estimate of drug-likeness (QED) is 0.872. The van der Waals surface area contributed by atoms with Crippen molar-refractivity contribution < 1.29 is 9.15 Å². The topological polar surface area (TPSA) is 89.2 Å². The Morgan fingerprint density at radius 3 is 2.86 bits per heavy atom. The van der Waals surface area contributed by atoms with Crippen molar-refractivity contribution in [3.63, 3.8) is 0 Å². The van der Waals surface area contributed by atoms with E-state index in [2.05, 4.69) is 0 Å². The lowest BCUT2D eigenvalue weighted by molar-refractivity contribution is 0.372. The highest BCUT2D eigenvalue weighted by atomic mass is 35.5. The zero-order valence-electron chi connectivity index (χ0n) is 10.8. The molecule has 0 aliphatic carbocycles. The molecule has 0 fully saturated rings. The standard InChI is InChI=1S/C14H9ClN2O3S/c1-6-4-8-12(14(18)19-6)11(7(5-16)13(17)20-8)9-2-3-10(15)21-9/h2-4,11H,17H2,1H3/t11-/m0/s1. The Kier molecular flexibility index (Phi) is 3.24. The summed E-state index contributed by atoms with van der Waals surface area (Å²) < 4.78 is 11.1. The van der Waals surface area contributed by atoms with Crippen LogP contribution in [-0.2, 0) is 0 Å². The minimum Gasteiger partial charge on any atom is -0.440 e. The second-order valence-corrected chi connectivity index (χ2v) is 6.24. The predicted molar refractivity (Wildman–Crippen MR) is 78.3 cm³/mol. The molecule has 0 saturated heterocycles. The Bertz CT molecular complexity index is 860. The van der Waals surface area contributed by atoms with Crippen LogP contribution in [0.25, 0.3) is 0 Å². The number of rotatable bonds is 1. The number of ether oxygens (including phenoxy) is 1. The van der Waals surface area contributed by atoms with E-state index in [4.69, 9.17) is 26.5 Å². The first kappa shape index (κ1) is 13.7. The molecule has 0 spiro atoms. The van der Waals surface area contributed by atoms with Crippen LogP contribution in [0.5, 0.6) is 5.75 Å². The number of nitriles is 1. The number of thiophene rings is 1. The molecule has 3 rings (SSSR count). The monoisotopic (exact) mass is 320 g/mol. The molecule has 3 heterocycles. The van der Waals surface area contributed by atoms with Crippen molar-refractivity contribution in [2.45, 2.75) is 12.8 Å². The number of allylic oxidation sites excluding steroid dienone is 1. The van der Waals surface area contributed by atoms with Crippen LogP contribution in [0.2, 0.25) is 4.34 Å². The van der Waals surface area contributed by atoms with Gasteiger partial charge in [0.1, 0.15) is 23.2 Å². The molecule has 2 aromatic rings. The highest BCUT2D eigenvalue weighted by Crippen LogP contribution is 2.43. The van der Waals surface area contributed by atoms with Crippen LogP contribution in [0.4, 0.5) is 0 Å². The zero-order valence-corrected chi connectivity index (χ0v) is 12.4. The number of hydrogen-bond acceptors (Lipinski definition) is 6. The van der Waals surface area contributed by atoms with Gasteiger partial charge in [-0.1, -0.05) is 11.6 Å². The summed E-state index contributed by atoms with van der Waals surface area (Å²) in [5.41, 5.74) is 5.72. The molecule has 5 nitrogen and oxygen atoms in total. The summed E-state index contributed by atoms with van der Waals surface area (Å²) in [5, 5.41) is 9.34. The van der Waals surface area contributed by atoms with Crippen molar-refractivity contribution >= 4 is 22.9 Å². The second kappa shape index (κ2) is 4.95. The fourth-order valence-corrected chi connectivity index (χ4v) is 3.47. The summed E-state index contributed by atoms with van der Waals surface area (Å²) in [4.78, 5) is 12.9. The molecular weight excluding hydrogens is 312 g/mol. The maximum absolute atomic E-state index is 12.2. The summed E-state index contributed by atoms with van der Waals surface area (Å²) in [6.07, 6.45) is 0. The Hall–Kier alpha value is -2.23. The molecule has 21 heavy (non-hydrogen) atoms. The Morgan fingerprint density at radius 1 is 1.48 bits per heavy atom. The summed E-state index contributed by atoms with van der Waals surface area (Å²) in [5.74, 6) is 0.0994. The normalized spacial score (nSPS) is 17.1. The van der Waals surface area contributed by atoms with Gasteiger partial charge in [0.15, 0.2) is 0 Å². The van der Waals surface area contributed by atoms with Gasteiger partial charge < -0.3 is 14.9 Å². The van der Waals surface area contributed by atoms with E-state index in [0.717, 1.165) is 4.88 Å². The Morgan fingerprint density at radius 2 is 2.24 bits per heavy atom. The van der Waals surface area contributed by atoms with E-state index >= 15 is 0 Å². The number of fused-ring (bicyclic) bond motifs is 1. The van der Waals surface area contributed by atoms with Crippen LogP contribution in [-0.4, -0.2) is 0 Å². The fourth-order valence-electron chi connectivity index (χ4n) is 2.29. The van der Waals surface area contributed by atoms with Crippen LogP contribution in [0.1, 0.15) is 22.1 Å². The molecule has 2 aromatic heterocycles. The maximum atomic E-state index is 12.2. The summed E-state index contributed by atoms with van der Waals surface area (Å²) in [7, 11) is 0. The third-order valence-electron chi connectivity index (χ3n) is 3.14. The summed E-state index contributed by atoms with van der Waals surface area (Å²) >= 11 is 7.23. The van der Waals surface area contributed by atoms with Gasteiger partial charge >= 0.3 is 5.63 Å². The molecule has 1 atom stereocenters.